The molecule has 2 unspecified atom stereocenters. The van der Waals surface area contributed by atoms with Gasteiger partial charge in [0, 0.05) is 20.2 Å². The van der Waals surface area contributed by atoms with E-state index in [0.29, 0.717) is 18.4 Å². The number of rotatable bonds is 9. The van der Waals surface area contributed by atoms with Gasteiger partial charge in [-0.1, -0.05) is 6.92 Å². The van der Waals surface area contributed by atoms with Crippen LogP contribution in [0.4, 0.5) is 0 Å². The van der Waals surface area contributed by atoms with Gasteiger partial charge in [-0.15, -0.1) is 0 Å². The summed E-state index contributed by atoms with van der Waals surface area (Å²) in [5.41, 5.74) is -0.507. The molecule has 1 saturated carbocycles. The monoisotopic (exact) mass is 298 g/mol. The first kappa shape index (κ1) is 16.7. The summed E-state index contributed by atoms with van der Waals surface area (Å²) in [6.45, 7) is 8.84. The molecule has 122 valence electrons. The highest BCUT2D eigenvalue weighted by molar-refractivity contribution is 5.82. The van der Waals surface area contributed by atoms with E-state index in [1.807, 2.05) is 6.92 Å². The van der Waals surface area contributed by atoms with Crippen LogP contribution in [0.3, 0.4) is 0 Å². The Labute approximate surface area is 128 Å². The molecule has 0 aromatic heterocycles. The molecule has 5 nitrogen and oxygen atoms in total. The van der Waals surface area contributed by atoms with Crippen molar-refractivity contribution >= 4 is 5.97 Å². The molecule has 2 atom stereocenters. The summed E-state index contributed by atoms with van der Waals surface area (Å²) >= 11 is 0. The van der Waals surface area contributed by atoms with Crippen LogP contribution in [0.1, 0.15) is 33.1 Å². The van der Waals surface area contributed by atoms with Crippen molar-refractivity contribution in [2.75, 3.05) is 46.5 Å². The molecule has 2 rings (SSSR count). The third kappa shape index (κ3) is 3.96. The molecule has 0 aromatic carbocycles. The van der Waals surface area contributed by atoms with Crippen molar-refractivity contribution in [3.05, 3.63) is 0 Å². The van der Waals surface area contributed by atoms with E-state index in [1.165, 1.54) is 0 Å². The van der Waals surface area contributed by atoms with Gasteiger partial charge < -0.3 is 19.7 Å². The molecule has 1 heterocycles. The van der Waals surface area contributed by atoms with E-state index in [9.17, 15) is 4.79 Å². The number of carbonyl (C=O) groups excluding carboxylic acids is 1. The molecule has 0 amide bonds. The van der Waals surface area contributed by atoms with Crippen LogP contribution in [0.15, 0.2) is 0 Å². The number of ether oxygens (including phenoxy) is 2. The third-order valence-corrected chi connectivity index (χ3v) is 4.65. The second-order valence-electron chi connectivity index (χ2n) is 6.34. The van der Waals surface area contributed by atoms with Crippen molar-refractivity contribution in [2.45, 2.75) is 38.6 Å². The minimum atomic E-state index is -0.507. The summed E-state index contributed by atoms with van der Waals surface area (Å²) in [7, 11) is 1.76. The molecular weight excluding hydrogens is 268 g/mol. The molecule has 5 heteroatoms. The zero-order valence-electron chi connectivity index (χ0n) is 13.7. The second kappa shape index (κ2) is 7.56. The molecule has 1 aliphatic carbocycles. The largest absolute Gasteiger partial charge is 0.465 e. The van der Waals surface area contributed by atoms with Crippen molar-refractivity contribution in [1.29, 1.82) is 0 Å². The van der Waals surface area contributed by atoms with E-state index in [1.54, 1.807) is 7.11 Å². The molecule has 21 heavy (non-hydrogen) atoms. The van der Waals surface area contributed by atoms with Gasteiger partial charge in [-0.05, 0) is 51.1 Å². The van der Waals surface area contributed by atoms with Crippen LogP contribution in [0, 0.1) is 11.8 Å². The standard InChI is InChI=1S/C16H30N2O3/c1-4-17-16(14-6-7-14,15(19)21-5-2)12-18-9-8-13(10-18)11-20-3/h13-14,17H,4-12H2,1-3H3. The molecule has 0 aromatic rings. The lowest BCUT2D eigenvalue weighted by Crippen LogP contribution is -2.61. The first-order valence-corrected chi connectivity index (χ1v) is 8.29. The molecule has 1 saturated heterocycles. The van der Waals surface area contributed by atoms with Crippen LogP contribution >= 0.6 is 0 Å². The van der Waals surface area contributed by atoms with E-state index in [4.69, 9.17) is 9.47 Å². The van der Waals surface area contributed by atoms with Crippen LogP contribution in [-0.2, 0) is 14.3 Å². The average Bonchev–Trinajstić information content (AvgIpc) is 3.22. The Hall–Kier alpha value is -0.650. The first-order chi connectivity index (χ1) is 10.2. The highest BCUT2D eigenvalue weighted by Crippen LogP contribution is 2.41. The van der Waals surface area contributed by atoms with Gasteiger partial charge in [0.15, 0.2) is 0 Å². The summed E-state index contributed by atoms with van der Waals surface area (Å²) in [5.74, 6) is 0.957. The number of esters is 1. The molecular formula is C16H30N2O3. The van der Waals surface area contributed by atoms with Gasteiger partial charge in [0.1, 0.15) is 5.54 Å². The Kier molecular flexibility index (Phi) is 6.02. The van der Waals surface area contributed by atoms with Gasteiger partial charge in [0.2, 0.25) is 0 Å². The van der Waals surface area contributed by atoms with Gasteiger partial charge in [-0.25, -0.2) is 4.79 Å². The lowest BCUT2D eigenvalue weighted by atomic mass is 9.92. The van der Waals surface area contributed by atoms with Gasteiger partial charge in [0.25, 0.3) is 0 Å². The fraction of sp³-hybridized carbons (Fsp3) is 0.938. The van der Waals surface area contributed by atoms with Crippen LogP contribution in [0.5, 0.6) is 0 Å². The lowest BCUT2D eigenvalue weighted by Gasteiger charge is -2.36. The summed E-state index contributed by atoms with van der Waals surface area (Å²) in [6.07, 6.45) is 3.41. The van der Waals surface area contributed by atoms with Gasteiger partial charge in [-0.2, -0.15) is 0 Å². The zero-order valence-corrected chi connectivity index (χ0v) is 13.7. The summed E-state index contributed by atoms with van der Waals surface area (Å²) in [5, 5.41) is 3.47. The molecule has 1 N–H and O–H groups in total. The van der Waals surface area contributed by atoms with E-state index in [0.717, 1.165) is 52.0 Å². The normalized spacial score (nSPS) is 25.8. The number of likely N-dealkylation sites (N-methyl/N-ethyl adjacent to an activating group) is 1. The van der Waals surface area contributed by atoms with Crippen molar-refractivity contribution in [1.82, 2.24) is 10.2 Å². The Morgan fingerprint density at radius 3 is 2.67 bits per heavy atom. The minimum Gasteiger partial charge on any atom is -0.465 e. The maximum absolute atomic E-state index is 12.6. The number of nitrogens with zero attached hydrogens (tertiary/aromatic N) is 1. The van der Waals surface area contributed by atoms with Gasteiger partial charge >= 0.3 is 5.97 Å². The van der Waals surface area contributed by atoms with Crippen molar-refractivity contribution in [2.24, 2.45) is 11.8 Å². The molecule has 2 fully saturated rings. The molecule has 0 bridgehead atoms. The molecule has 2 aliphatic rings. The van der Waals surface area contributed by atoms with Crippen molar-refractivity contribution in [3.8, 4) is 0 Å². The quantitative estimate of drug-likeness (QED) is 0.650. The van der Waals surface area contributed by atoms with Crippen LogP contribution < -0.4 is 5.32 Å². The number of likely N-dealkylation sites (tertiary alicyclic amines) is 1. The Morgan fingerprint density at radius 2 is 2.10 bits per heavy atom. The summed E-state index contributed by atoms with van der Waals surface area (Å²) in [4.78, 5) is 15.0. The molecule has 0 spiro atoms. The number of hydrogen-bond donors (Lipinski definition) is 1. The fourth-order valence-electron chi connectivity index (χ4n) is 3.57. The van der Waals surface area contributed by atoms with Crippen LogP contribution in [-0.4, -0.2) is 62.9 Å². The SMILES string of the molecule is CCNC(CN1CCC(COC)C1)(C(=O)OCC)C1CC1. The van der Waals surface area contributed by atoms with E-state index in [2.05, 4.69) is 17.1 Å². The predicted molar refractivity (Wildman–Crippen MR) is 82.2 cm³/mol. The maximum Gasteiger partial charge on any atom is 0.327 e. The smallest absolute Gasteiger partial charge is 0.327 e. The number of carbonyl (C=O) groups is 1. The molecule has 0 radical (unpaired) electrons. The maximum atomic E-state index is 12.6. The predicted octanol–water partition coefficient (Wildman–Crippen LogP) is 1.28. The summed E-state index contributed by atoms with van der Waals surface area (Å²) in [6, 6.07) is 0. The Balaban J connectivity index is 2.03. The first-order valence-electron chi connectivity index (χ1n) is 8.29. The third-order valence-electron chi connectivity index (χ3n) is 4.65. The van der Waals surface area contributed by atoms with E-state index < -0.39 is 5.54 Å². The van der Waals surface area contributed by atoms with Gasteiger partial charge in [0.05, 0.1) is 13.2 Å². The molecule has 1 aliphatic heterocycles. The van der Waals surface area contributed by atoms with E-state index >= 15 is 0 Å². The highest BCUT2D eigenvalue weighted by atomic mass is 16.5. The summed E-state index contributed by atoms with van der Waals surface area (Å²) < 4.78 is 10.7. The highest BCUT2D eigenvalue weighted by Gasteiger charge is 2.52. The van der Waals surface area contributed by atoms with E-state index in [-0.39, 0.29) is 5.97 Å². The number of hydrogen-bond acceptors (Lipinski definition) is 5. The minimum absolute atomic E-state index is 0.0652. The van der Waals surface area contributed by atoms with Crippen LogP contribution in [0.2, 0.25) is 0 Å². The topological polar surface area (TPSA) is 50.8 Å². The van der Waals surface area contributed by atoms with Gasteiger partial charge in [-0.3, -0.25) is 0 Å². The number of methoxy groups -OCH3 is 1. The number of nitrogens with one attached hydrogen (secondary N) is 1. The zero-order chi connectivity index (χ0) is 15.3. The van der Waals surface area contributed by atoms with Crippen molar-refractivity contribution < 1.29 is 14.3 Å². The second-order valence-corrected chi connectivity index (χ2v) is 6.34. The van der Waals surface area contributed by atoms with Crippen molar-refractivity contribution in [3.63, 3.8) is 0 Å². The Morgan fingerprint density at radius 1 is 1.33 bits per heavy atom. The van der Waals surface area contributed by atoms with Crippen LogP contribution in [0.25, 0.3) is 0 Å². The Bertz CT molecular complexity index is 346. The lowest BCUT2D eigenvalue weighted by molar-refractivity contribution is -0.153. The fourth-order valence-corrected chi connectivity index (χ4v) is 3.57. The average molecular weight is 298 g/mol.